The van der Waals surface area contributed by atoms with E-state index in [2.05, 4.69) is 47.0 Å². The minimum atomic E-state index is -3.71. The number of sulfonamides is 1. The second-order valence-corrected chi connectivity index (χ2v) is 8.98. The van der Waals surface area contributed by atoms with Gasteiger partial charge in [0.1, 0.15) is 4.90 Å². The van der Waals surface area contributed by atoms with E-state index < -0.39 is 16.2 Å². The zero-order valence-corrected chi connectivity index (χ0v) is 16.8. The van der Waals surface area contributed by atoms with E-state index >= 15 is 0 Å². The first-order valence-electron chi connectivity index (χ1n) is 9.34. The summed E-state index contributed by atoms with van der Waals surface area (Å²) in [5.74, 6) is -0.252. The summed E-state index contributed by atoms with van der Waals surface area (Å²) in [7, 11) is -3.71. The molecule has 0 aromatic heterocycles. The van der Waals surface area contributed by atoms with Gasteiger partial charge in [0, 0.05) is 31.9 Å². The minimum absolute atomic E-state index is 0.165. The number of amides is 1. The molecule has 1 atom stereocenters. The molecule has 0 unspecified atom stereocenters. The number of carbonyl (C=O) groups excluding carboxylic acids is 1. The summed E-state index contributed by atoms with van der Waals surface area (Å²) in [6.45, 7) is 6.70. The van der Waals surface area contributed by atoms with E-state index in [1.165, 1.54) is 22.9 Å². The number of anilines is 2. The lowest BCUT2D eigenvalue weighted by Gasteiger charge is -2.39. The lowest BCUT2D eigenvalue weighted by atomic mass is 10.1. The Morgan fingerprint density at radius 3 is 2.46 bits per heavy atom. The third-order valence-corrected chi connectivity index (χ3v) is 6.76. The highest BCUT2D eigenvalue weighted by molar-refractivity contribution is 7.89. The molecule has 4 rings (SSSR count). The molecule has 2 aliphatic rings. The predicted octanol–water partition coefficient (Wildman–Crippen LogP) is 1.68. The van der Waals surface area contributed by atoms with Gasteiger partial charge in [-0.1, -0.05) is 29.8 Å². The number of carbonyl (C=O) groups is 1. The minimum Gasteiger partial charge on any atom is -0.368 e. The SMILES string of the molecule is Cc1ccc(N2CCN(C(=O)[C@H]3Nc4ccccc4S(=O)(=O)N3)CC2)c(C)c1. The average molecular weight is 401 g/mol. The van der Waals surface area contributed by atoms with Gasteiger partial charge in [0.05, 0.1) is 5.69 Å². The van der Waals surface area contributed by atoms with Gasteiger partial charge in [-0.3, -0.25) is 4.79 Å². The summed E-state index contributed by atoms with van der Waals surface area (Å²) >= 11 is 0. The highest BCUT2D eigenvalue weighted by Gasteiger charge is 2.36. The van der Waals surface area contributed by atoms with Gasteiger partial charge >= 0.3 is 0 Å². The van der Waals surface area contributed by atoms with Crippen LogP contribution in [0.5, 0.6) is 0 Å². The zero-order valence-electron chi connectivity index (χ0n) is 16.0. The first-order chi connectivity index (χ1) is 13.3. The van der Waals surface area contributed by atoms with E-state index in [0.717, 1.165) is 0 Å². The number of nitrogens with one attached hydrogen (secondary N) is 2. The molecule has 7 nitrogen and oxygen atoms in total. The summed E-state index contributed by atoms with van der Waals surface area (Å²) in [5.41, 5.74) is 4.08. The summed E-state index contributed by atoms with van der Waals surface area (Å²) in [4.78, 5) is 17.1. The highest BCUT2D eigenvalue weighted by Crippen LogP contribution is 2.26. The van der Waals surface area contributed by atoms with E-state index in [4.69, 9.17) is 0 Å². The smallest absolute Gasteiger partial charge is 0.261 e. The molecule has 148 valence electrons. The van der Waals surface area contributed by atoms with Gasteiger partial charge < -0.3 is 15.1 Å². The van der Waals surface area contributed by atoms with Crippen LogP contribution >= 0.6 is 0 Å². The molecular weight excluding hydrogens is 376 g/mol. The van der Waals surface area contributed by atoms with Gasteiger partial charge in [0.2, 0.25) is 10.0 Å². The zero-order chi connectivity index (χ0) is 19.9. The normalized spacial score (nSPS) is 21.0. The van der Waals surface area contributed by atoms with Crippen LogP contribution in [0.4, 0.5) is 11.4 Å². The third-order valence-electron chi connectivity index (χ3n) is 5.28. The van der Waals surface area contributed by atoms with Crippen LogP contribution in [0.1, 0.15) is 11.1 Å². The van der Waals surface area contributed by atoms with Gasteiger partial charge in [-0.15, -0.1) is 0 Å². The fourth-order valence-corrected chi connectivity index (χ4v) is 5.12. The number of fused-ring (bicyclic) bond motifs is 1. The van der Waals surface area contributed by atoms with Crippen molar-refractivity contribution in [3.05, 3.63) is 53.6 Å². The van der Waals surface area contributed by atoms with Crippen molar-refractivity contribution in [1.82, 2.24) is 9.62 Å². The number of hydrogen-bond acceptors (Lipinski definition) is 5. The molecule has 0 aliphatic carbocycles. The molecule has 0 spiro atoms. The molecule has 1 amide bonds. The maximum Gasteiger partial charge on any atom is 0.261 e. The number of rotatable bonds is 2. The molecule has 2 aromatic carbocycles. The number of benzene rings is 2. The first-order valence-corrected chi connectivity index (χ1v) is 10.8. The number of para-hydroxylation sites is 1. The van der Waals surface area contributed by atoms with Crippen LogP contribution in [0.3, 0.4) is 0 Å². The van der Waals surface area contributed by atoms with Crippen LogP contribution in [0, 0.1) is 13.8 Å². The maximum absolute atomic E-state index is 12.9. The van der Waals surface area contributed by atoms with Crippen molar-refractivity contribution in [2.45, 2.75) is 24.9 Å². The van der Waals surface area contributed by atoms with Crippen LogP contribution in [0.25, 0.3) is 0 Å². The quantitative estimate of drug-likeness (QED) is 0.802. The monoisotopic (exact) mass is 400 g/mol. The van der Waals surface area contributed by atoms with Gasteiger partial charge in [-0.05, 0) is 37.6 Å². The lowest BCUT2D eigenvalue weighted by Crippen LogP contribution is -2.58. The topological polar surface area (TPSA) is 81.8 Å². The molecule has 1 fully saturated rings. The largest absolute Gasteiger partial charge is 0.368 e. The fourth-order valence-electron chi connectivity index (χ4n) is 3.85. The van der Waals surface area contributed by atoms with E-state index in [1.54, 1.807) is 23.1 Å². The average Bonchev–Trinajstić information content (AvgIpc) is 2.67. The summed E-state index contributed by atoms with van der Waals surface area (Å²) in [5, 5.41) is 3.01. The van der Waals surface area contributed by atoms with Crippen molar-refractivity contribution in [2.75, 3.05) is 36.4 Å². The van der Waals surface area contributed by atoms with Crippen molar-refractivity contribution in [3.8, 4) is 0 Å². The maximum atomic E-state index is 12.9. The van der Waals surface area contributed by atoms with E-state index in [0.29, 0.717) is 31.9 Å². The predicted molar refractivity (Wildman–Crippen MR) is 109 cm³/mol. The molecule has 2 aromatic rings. The Kier molecular flexibility index (Phi) is 4.76. The van der Waals surface area contributed by atoms with Crippen molar-refractivity contribution in [1.29, 1.82) is 0 Å². The van der Waals surface area contributed by atoms with Gasteiger partial charge in [0.25, 0.3) is 5.91 Å². The Labute approximate surface area is 165 Å². The van der Waals surface area contributed by atoms with Gasteiger partial charge in [0.15, 0.2) is 6.17 Å². The summed E-state index contributed by atoms with van der Waals surface area (Å²) in [6, 6.07) is 13.0. The molecular formula is C20H24N4O3S. The number of aryl methyl sites for hydroxylation is 2. The standard InChI is InChI=1S/C20H24N4O3S/c1-14-7-8-17(15(2)13-14)23-9-11-24(12-10-23)20(25)19-21-16-5-3-4-6-18(16)28(26,27)22-19/h3-8,13,19,21-22H,9-12H2,1-2H3/t19-/m0/s1. The Morgan fingerprint density at radius 1 is 1.04 bits per heavy atom. The molecule has 8 heteroatoms. The Hall–Kier alpha value is -2.58. The summed E-state index contributed by atoms with van der Waals surface area (Å²) in [6.07, 6.45) is -0.979. The number of nitrogens with zero attached hydrogens (tertiary/aromatic N) is 2. The van der Waals surface area contributed by atoms with Crippen LogP contribution in [0.15, 0.2) is 47.4 Å². The Bertz CT molecular complexity index is 1010. The highest BCUT2D eigenvalue weighted by atomic mass is 32.2. The van der Waals surface area contributed by atoms with Crippen molar-refractivity contribution in [3.63, 3.8) is 0 Å². The lowest BCUT2D eigenvalue weighted by molar-refractivity contribution is -0.132. The van der Waals surface area contributed by atoms with Crippen LogP contribution < -0.4 is 14.9 Å². The van der Waals surface area contributed by atoms with Crippen molar-refractivity contribution in [2.24, 2.45) is 0 Å². The van der Waals surface area contributed by atoms with Crippen LogP contribution in [0.2, 0.25) is 0 Å². The summed E-state index contributed by atoms with van der Waals surface area (Å²) < 4.78 is 27.3. The van der Waals surface area contributed by atoms with E-state index in [-0.39, 0.29) is 10.8 Å². The second-order valence-electron chi connectivity index (χ2n) is 7.30. The second kappa shape index (κ2) is 7.10. The van der Waals surface area contributed by atoms with Gasteiger partial charge in [-0.25, -0.2) is 8.42 Å². The first kappa shape index (κ1) is 18.8. The van der Waals surface area contributed by atoms with Crippen molar-refractivity contribution < 1.29 is 13.2 Å². The molecule has 2 heterocycles. The Balaban J connectivity index is 1.45. The van der Waals surface area contributed by atoms with Crippen molar-refractivity contribution >= 4 is 27.3 Å². The fraction of sp³-hybridized carbons (Fsp3) is 0.350. The molecule has 0 bridgehead atoms. The number of hydrogen-bond donors (Lipinski definition) is 2. The molecule has 2 aliphatic heterocycles. The molecule has 1 saturated heterocycles. The third kappa shape index (κ3) is 3.45. The molecule has 0 saturated carbocycles. The van der Waals surface area contributed by atoms with Crippen LogP contribution in [-0.2, 0) is 14.8 Å². The van der Waals surface area contributed by atoms with E-state index in [1.807, 2.05) is 0 Å². The number of piperazine rings is 1. The Morgan fingerprint density at radius 2 is 1.75 bits per heavy atom. The molecule has 28 heavy (non-hydrogen) atoms. The van der Waals surface area contributed by atoms with Crippen LogP contribution in [-0.4, -0.2) is 51.6 Å². The molecule has 0 radical (unpaired) electrons. The molecule has 2 N–H and O–H groups in total. The van der Waals surface area contributed by atoms with E-state index in [9.17, 15) is 13.2 Å². The van der Waals surface area contributed by atoms with Gasteiger partial charge in [-0.2, -0.15) is 4.72 Å².